The van der Waals surface area contributed by atoms with Crippen LogP contribution in [-0.4, -0.2) is 214 Å². The Balaban J connectivity index is 0.000000207. The molecule has 0 N–H and O–H groups in total. The van der Waals surface area contributed by atoms with E-state index in [0.29, 0.717) is 92.6 Å². The van der Waals surface area contributed by atoms with Crippen LogP contribution in [0, 0.1) is 69.5 Å². The molecule has 9 aliphatic rings. The second-order valence-corrected chi connectivity index (χ2v) is 40.6. The third kappa shape index (κ3) is 27.0. The van der Waals surface area contributed by atoms with Gasteiger partial charge in [0, 0.05) is 99.0 Å². The predicted molar refractivity (Wildman–Crippen MR) is 474 cm³/mol. The first-order valence-electron chi connectivity index (χ1n) is 46.8. The molecular weight excluding hydrogens is 1870 g/mol. The molecule has 0 spiro atoms. The normalized spacial score (nSPS) is 28.5. The van der Waals surface area contributed by atoms with Crippen LogP contribution < -0.4 is 28.4 Å². The van der Waals surface area contributed by atoms with Gasteiger partial charge in [-0.2, -0.15) is 0 Å². The maximum atomic E-state index is 14.2. The van der Waals surface area contributed by atoms with Crippen LogP contribution in [0.3, 0.4) is 0 Å². The summed E-state index contributed by atoms with van der Waals surface area (Å²) in [6.45, 7) is 18.1. The second kappa shape index (κ2) is 47.1. The third-order valence-electron chi connectivity index (χ3n) is 28.2. The number of hydrogen-bond donors (Lipinski definition) is 0. The molecule has 135 heavy (non-hydrogen) atoms. The Morgan fingerprint density at radius 3 is 1.06 bits per heavy atom. The summed E-state index contributed by atoms with van der Waals surface area (Å²) in [5.74, 6) is -5.27. The van der Waals surface area contributed by atoms with Crippen LogP contribution in [0.4, 0.5) is 26.3 Å². The molecule has 36 heteroatoms. The molecule has 735 valence electrons. The van der Waals surface area contributed by atoms with Gasteiger partial charge in [-0.05, 0) is 179 Å². The molecule has 18 atom stereocenters. The van der Waals surface area contributed by atoms with Crippen molar-refractivity contribution >= 4 is 87.6 Å². The zero-order chi connectivity index (χ0) is 95.0. The third-order valence-corrected chi connectivity index (χ3v) is 28.2. The summed E-state index contributed by atoms with van der Waals surface area (Å²) in [6.07, 6.45) is 8.46. The zero-order valence-corrected chi connectivity index (χ0v) is 83.4. The number of carbonyl (C=O) groups excluding carboxylic acids is 9. The molecule has 3 saturated carbocycles. The first kappa shape index (κ1) is 109. The van der Waals surface area contributed by atoms with Crippen molar-refractivity contribution in [3.8, 4) is 34.9 Å². The van der Waals surface area contributed by atoms with E-state index in [4.69, 9.17) is 72.5 Å². The van der Waals surface area contributed by atoms with E-state index >= 15 is 0 Å². The van der Waals surface area contributed by atoms with E-state index in [2.05, 4.69) is 0 Å². The Bertz CT molecular complexity index is 5130. The van der Waals surface area contributed by atoms with Gasteiger partial charge in [-0.1, -0.05) is 119 Å². The topological polar surface area (TPSA) is 324 Å². The number of benzene rings is 3. The van der Waals surface area contributed by atoms with Gasteiger partial charge in [0.25, 0.3) is 0 Å². The number of methoxy groups -OCH3 is 3. The molecule has 3 saturated heterocycles. The SMILES string of the molecule is COc1ccc2nc3c(nc2c1)O[C@H]1CN(C(=O)[C@H](C(C)(C)C)CC(=O)O[C@@H]2CCC[C@H]2CCCCC3)[C@H]([C-]=O)[C@@H]1CC(F)F.COc1ccc2nc3c(nc2c1)O[C@H]1CN(C(=O)[C@H](C(C)(C)C)CC(=O)O[C@@H]2C[C@H]2CCCCC3)[C@H]([C-]=O)[C@@H]1CC(F)F.COc1ccc2nc3c(nc2c1)O[C@H]1CN(C(=O)[C@H](C(C)(C)C)CC(=O)O[C@]2(C)C[C@H]2CCCCC3)[C@H]([C-]=O)[C@@H]1CC(F)F.[V].[V].[V]. The van der Waals surface area contributed by atoms with Crippen molar-refractivity contribution in [2.24, 2.45) is 69.5 Å². The Morgan fingerprint density at radius 2 is 0.726 bits per heavy atom. The number of esters is 3. The van der Waals surface area contributed by atoms with Crippen LogP contribution in [0.1, 0.15) is 234 Å². The molecule has 0 unspecified atom stereocenters. The number of ether oxygens (including phenoxy) is 9. The maximum absolute atomic E-state index is 14.2. The predicted octanol–water partition coefficient (Wildman–Crippen LogP) is 16.4. The molecule has 15 rings (SSSR count). The van der Waals surface area contributed by atoms with Gasteiger partial charge < -0.3 is 71.7 Å². The summed E-state index contributed by atoms with van der Waals surface area (Å²) in [4.78, 5) is 151. The van der Waals surface area contributed by atoms with Crippen molar-refractivity contribution in [3.63, 3.8) is 0 Å². The number of hydrogen-bond acceptors (Lipinski definition) is 24. The second-order valence-electron chi connectivity index (χ2n) is 40.6. The van der Waals surface area contributed by atoms with Gasteiger partial charge in [0.05, 0.1) is 111 Å². The fourth-order valence-electron chi connectivity index (χ4n) is 20.2. The van der Waals surface area contributed by atoms with Gasteiger partial charge in [-0.15, -0.1) is 0 Å². The van der Waals surface area contributed by atoms with Crippen LogP contribution in [-0.2, 0) is 132 Å². The summed E-state index contributed by atoms with van der Waals surface area (Å²) in [7, 11) is 4.64. The number of fused-ring (bicyclic) bond motifs is 15. The molecule has 3 aromatic carbocycles. The number of nitrogens with zero attached hydrogens (tertiary/aromatic N) is 9. The van der Waals surface area contributed by atoms with Crippen LogP contribution >= 0.6 is 0 Å². The number of carbonyl (C=O) groups is 6. The first-order valence-corrected chi connectivity index (χ1v) is 46.8. The number of aryl methyl sites for hydroxylation is 3. The Hall–Kier alpha value is -8.36. The average molecular weight is 2000 g/mol. The molecule has 6 aromatic rings. The smallest absolute Gasteiger partial charge is 0.307 e. The van der Waals surface area contributed by atoms with E-state index in [9.17, 15) is 69.5 Å². The van der Waals surface area contributed by atoms with E-state index in [1.165, 1.54) is 14.7 Å². The molecule has 6 fully saturated rings. The van der Waals surface area contributed by atoms with Gasteiger partial charge in [0.1, 0.15) is 70.5 Å². The molecule has 3 radical (unpaired) electrons. The Kier molecular flexibility index (Phi) is 37.9. The first-order chi connectivity index (χ1) is 62.8. The van der Waals surface area contributed by atoms with Crippen molar-refractivity contribution in [1.29, 1.82) is 0 Å². The minimum absolute atomic E-state index is 0. The van der Waals surface area contributed by atoms with E-state index in [1.54, 1.807) is 63.8 Å². The summed E-state index contributed by atoms with van der Waals surface area (Å²) in [5, 5.41) is 0. The summed E-state index contributed by atoms with van der Waals surface area (Å²) in [5.41, 5.74) is 2.69. The van der Waals surface area contributed by atoms with Crippen molar-refractivity contribution in [1.82, 2.24) is 44.6 Å². The van der Waals surface area contributed by atoms with Crippen molar-refractivity contribution in [3.05, 3.63) is 71.7 Å². The zero-order valence-electron chi connectivity index (χ0n) is 79.2. The summed E-state index contributed by atoms with van der Waals surface area (Å²) >= 11 is 0. The Labute approximate surface area is 821 Å². The maximum Gasteiger partial charge on any atom is 0.307 e. The van der Waals surface area contributed by atoms with Gasteiger partial charge in [-0.3, -0.25) is 28.8 Å². The number of amides is 3. The van der Waals surface area contributed by atoms with Crippen molar-refractivity contribution < 1.29 is 168 Å². The molecular formula is C99H126F6N9O18V3-3. The van der Waals surface area contributed by atoms with Gasteiger partial charge >= 0.3 is 17.9 Å². The van der Waals surface area contributed by atoms with Crippen LogP contribution in [0.5, 0.6) is 34.9 Å². The largest absolute Gasteiger partial charge is 0.540 e. The van der Waals surface area contributed by atoms with E-state index < -0.39 is 168 Å². The van der Waals surface area contributed by atoms with Gasteiger partial charge in [0.15, 0.2) is 0 Å². The quantitative estimate of drug-likeness (QED) is 0.0475. The average Bonchev–Trinajstić information content (AvgIpc) is 1.64. The van der Waals surface area contributed by atoms with Crippen molar-refractivity contribution in [2.45, 2.75) is 310 Å². The Morgan fingerprint density at radius 1 is 0.400 bits per heavy atom. The molecule has 3 amide bonds. The number of halogens is 6. The number of rotatable bonds is 12. The fraction of sp³-hybridized carbons (Fsp3) is 0.667. The minimum atomic E-state index is -2.74. The van der Waals surface area contributed by atoms with E-state index in [1.807, 2.05) is 100 Å². The monoisotopic (exact) mass is 2000 g/mol. The minimum Gasteiger partial charge on any atom is -0.540 e. The molecule has 9 heterocycles. The van der Waals surface area contributed by atoms with Crippen molar-refractivity contribution in [2.75, 3.05) is 41.0 Å². The van der Waals surface area contributed by atoms with Gasteiger partial charge in [0.2, 0.25) is 54.6 Å². The molecule has 27 nitrogen and oxygen atoms in total. The fourth-order valence-corrected chi connectivity index (χ4v) is 20.2. The van der Waals surface area contributed by atoms with Crippen LogP contribution in [0.15, 0.2) is 54.6 Å². The molecule has 6 aliphatic heterocycles. The standard InChI is InChI=1S/C34H44F2N3O6.C33H42F2N3O6.C32H40F2N3O6.3V/c1-34(2,3)23-17-31(41)44-28-12-8-10-20(28)9-6-5-7-11-25-32(38-26-15-21(43-4)13-14-24(26)37-25)45-29-18-39(33(23)42)27(19-40)22(29)16-30(35)36;1-32(2,3)22-15-29(40)44-33(4)16-19(33)9-7-6-8-10-24-30(37-25-13-20(42-5)11-12-23(25)36-24)43-27-17-38(31(22)41)26(18-39)21(27)14-28(34)35;1-32(2,3)21-15-29(39)42-26-12-18(26)8-6-5-7-9-23-30(36-24-13-19(41-4)10-11-22(24)35-23)43-27-16-37(31(21)40)25(17-38)20(27)14-28(33)34;;;/h13-15,20,22-23,27-30H,5-12,16-18H2,1-4H3;11-13,19,21-22,26-28H,6-10,14-17H2,1-5H3;10-11,13,18,20-21,25-28H,5-9,12,14-16H2,1-4H3;;;/q3*-1;;;/t20-,22+,23-,27-,28-,29+;19-,21+,22-,26-,27+,33-;18-,20+,21-,25-,26-,27+;;;/m111.../s1. The summed E-state index contributed by atoms with van der Waals surface area (Å²) in [6, 6.07) is 12.2. The molecule has 6 bridgehead atoms. The van der Waals surface area contributed by atoms with Crippen LogP contribution in [0.2, 0.25) is 0 Å². The number of alkyl halides is 6. The summed E-state index contributed by atoms with van der Waals surface area (Å²) < 4.78 is 136. The number of aromatic nitrogens is 6. The van der Waals surface area contributed by atoms with E-state index in [0.717, 1.165) is 109 Å². The molecule has 3 aliphatic carbocycles. The van der Waals surface area contributed by atoms with E-state index in [-0.39, 0.29) is 136 Å². The van der Waals surface area contributed by atoms with Crippen LogP contribution in [0.25, 0.3) is 33.1 Å². The molecule has 3 aromatic heterocycles. The van der Waals surface area contributed by atoms with Gasteiger partial charge in [-0.25, -0.2) is 75.1 Å².